The van der Waals surface area contributed by atoms with Crippen LogP contribution in [-0.2, 0) is 4.79 Å². The highest BCUT2D eigenvalue weighted by Gasteiger charge is 2.11. The van der Waals surface area contributed by atoms with Crippen molar-refractivity contribution >= 4 is 23.4 Å². The lowest BCUT2D eigenvalue weighted by Gasteiger charge is -2.05. The number of phenolic OH excluding ortho intramolecular Hbond substituents is 1. The fourth-order valence-corrected chi connectivity index (χ4v) is 1.88. The lowest BCUT2D eigenvalue weighted by Crippen LogP contribution is -2.08. The van der Waals surface area contributed by atoms with E-state index in [4.69, 9.17) is 4.74 Å². The van der Waals surface area contributed by atoms with E-state index in [2.05, 4.69) is 5.32 Å². The van der Waals surface area contributed by atoms with Gasteiger partial charge in [-0.1, -0.05) is 18.2 Å². The summed E-state index contributed by atoms with van der Waals surface area (Å²) >= 11 is 0. The first-order chi connectivity index (χ1) is 11.0. The number of nitro groups is 1. The van der Waals surface area contributed by atoms with Crippen LogP contribution in [-0.4, -0.2) is 23.0 Å². The van der Waals surface area contributed by atoms with E-state index < -0.39 is 10.8 Å². The Kier molecular flexibility index (Phi) is 4.93. The fraction of sp³-hybridized carbons (Fsp3) is 0.0625. The normalized spacial score (nSPS) is 10.5. The molecular formula is C16H14N2O5. The molecule has 0 heterocycles. The number of anilines is 1. The third-order valence-electron chi connectivity index (χ3n) is 3.00. The second kappa shape index (κ2) is 7.08. The maximum atomic E-state index is 11.9. The zero-order chi connectivity index (χ0) is 16.8. The van der Waals surface area contributed by atoms with Gasteiger partial charge in [0.25, 0.3) is 5.69 Å². The van der Waals surface area contributed by atoms with Crippen LogP contribution < -0.4 is 10.1 Å². The van der Waals surface area contributed by atoms with Gasteiger partial charge in [0.1, 0.15) is 11.5 Å². The Balaban J connectivity index is 2.15. The molecular weight excluding hydrogens is 300 g/mol. The highest BCUT2D eigenvalue weighted by Crippen LogP contribution is 2.27. The highest BCUT2D eigenvalue weighted by atomic mass is 16.6. The van der Waals surface area contributed by atoms with E-state index >= 15 is 0 Å². The number of ether oxygens (including phenoxy) is 1. The third kappa shape index (κ3) is 4.07. The minimum atomic E-state index is -0.611. The summed E-state index contributed by atoms with van der Waals surface area (Å²) in [6, 6.07) is 10.5. The lowest BCUT2D eigenvalue weighted by atomic mass is 10.2. The van der Waals surface area contributed by atoms with Crippen molar-refractivity contribution < 1.29 is 19.6 Å². The molecule has 0 saturated heterocycles. The monoisotopic (exact) mass is 314 g/mol. The van der Waals surface area contributed by atoms with Crippen LogP contribution >= 0.6 is 0 Å². The summed E-state index contributed by atoms with van der Waals surface area (Å²) in [5.41, 5.74) is 0.439. The number of hydrogen-bond donors (Lipinski definition) is 2. The van der Waals surface area contributed by atoms with Gasteiger partial charge in [0, 0.05) is 23.8 Å². The van der Waals surface area contributed by atoms with Gasteiger partial charge in [-0.2, -0.15) is 0 Å². The molecule has 0 aliphatic heterocycles. The predicted molar refractivity (Wildman–Crippen MR) is 85.4 cm³/mol. The Hall–Kier alpha value is -3.35. The van der Waals surface area contributed by atoms with Crippen molar-refractivity contribution in [3.8, 4) is 11.5 Å². The Bertz CT molecular complexity index is 771. The first-order valence-corrected chi connectivity index (χ1v) is 6.60. The maximum absolute atomic E-state index is 11.9. The molecule has 0 saturated carbocycles. The van der Waals surface area contributed by atoms with Crippen molar-refractivity contribution in [1.29, 1.82) is 0 Å². The molecule has 1 amide bonds. The van der Waals surface area contributed by atoms with Crippen LogP contribution in [0.1, 0.15) is 5.56 Å². The zero-order valence-electron chi connectivity index (χ0n) is 12.2. The molecule has 2 aromatic carbocycles. The minimum absolute atomic E-state index is 0.0334. The maximum Gasteiger partial charge on any atom is 0.271 e. The first-order valence-electron chi connectivity index (χ1n) is 6.60. The van der Waals surface area contributed by atoms with E-state index in [9.17, 15) is 20.0 Å². The van der Waals surface area contributed by atoms with Crippen molar-refractivity contribution in [1.82, 2.24) is 0 Å². The van der Waals surface area contributed by atoms with Crippen molar-refractivity contribution in [3.63, 3.8) is 0 Å². The number of hydrogen-bond acceptors (Lipinski definition) is 5. The molecule has 2 N–H and O–H groups in total. The molecule has 0 radical (unpaired) electrons. The number of amides is 1. The van der Waals surface area contributed by atoms with Gasteiger partial charge >= 0.3 is 0 Å². The van der Waals surface area contributed by atoms with Crippen LogP contribution in [0.3, 0.4) is 0 Å². The summed E-state index contributed by atoms with van der Waals surface area (Å²) < 4.78 is 5.16. The number of rotatable bonds is 5. The number of benzene rings is 2. The Labute approximate surface area is 132 Å². The van der Waals surface area contributed by atoms with Crippen molar-refractivity contribution in [2.75, 3.05) is 12.4 Å². The molecule has 2 rings (SSSR count). The van der Waals surface area contributed by atoms with Crippen molar-refractivity contribution in [2.24, 2.45) is 0 Å². The summed E-state index contributed by atoms with van der Waals surface area (Å²) in [5.74, 6) is -0.184. The summed E-state index contributed by atoms with van der Waals surface area (Å²) in [7, 11) is 1.52. The van der Waals surface area contributed by atoms with Gasteiger partial charge in [0.2, 0.25) is 5.91 Å². The molecule has 0 bridgehead atoms. The molecule has 7 heteroatoms. The number of nitrogens with one attached hydrogen (secondary N) is 1. The first kappa shape index (κ1) is 16.0. The van der Waals surface area contributed by atoms with Gasteiger partial charge in [0.05, 0.1) is 17.7 Å². The topological polar surface area (TPSA) is 102 Å². The van der Waals surface area contributed by atoms with Crippen LogP contribution in [0.15, 0.2) is 48.5 Å². The van der Waals surface area contributed by atoms with E-state index in [0.29, 0.717) is 11.3 Å². The smallest absolute Gasteiger partial charge is 0.271 e. The molecule has 0 aromatic heterocycles. The number of nitro benzene ring substituents is 1. The van der Waals surface area contributed by atoms with Gasteiger partial charge in [-0.3, -0.25) is 14.9 Å². The fourth-order valence-electron chi connectivity index (χ4n) is 1.88. The second-order valence-electron chi connectivity index (χ2n) is 4.52. The Morgan fingerprint density at radius 2 is 2.04 bits per heavy atom. The van der Waals surface area contributed by atoms with Crippen LogP contribution in [0.2, 0.25) is 0 Å². The van der Waals surface area contributed by atoms with E-state index in [0.717, 1.165) is 18.2 Å². The quantitative estimate of drug-likeness (QED) is 0.382. The number of non-ortho nitro benzene ring substituents is 1. The number of para-hydroxylation sites is 1. The van der Waals surface area contributed by atoms with Gasteiger partial charge in [-0.15, -0.1) is 0 Å². The van der Waals surface area contributed by atoms with Gasteiger partial charge in [-0.25, -0.2) is 0 Å². The SMILES string of the molecule is COc1ccccc1/C=C/C(=O)Nc1cc([N+](=O)[O-])ccc1O. The van der Waals surface area contributed by atoms with Crippen molar-refractivity contribution in [3.05, 3.63) is 64.2 Å². The molecule has 0 unspecified atom stereocenters. The summed E-state index contributed by atoms with van der Waals surface area (Å²) in [6.45, 7) is 0. The zero-order valence-corrected chi connectivity index (χ0v) is 12.2. The highest BCUT2D eigenvalue weighted by molar-refractivity contribution is 6.03. The molecule has 0 aliphatic rings. The summed E-state index contributed by atoms with van der Waals surface area (Å²) in [4.78, 5) is 22.0. The standard InChI is InChI=1S/C16H14N2O5/c1-23-15-5-3-2-4-11(15)6-9-16(20)17-13-10-12(18(21)22)7-8-14(13)19/h2-10,19H,1H3,(H,17,20)/b9-6+. The van der Waals surface area contributed by atoms with Gasteiger partial charge in [0.15, 0.2) is 0 Å². The molecule has 118 valence electrons. The molecule has 23 heavy (non-hydrogen) atoms. The average molecular weight is 314 g/mol. The predicted octanol–water partition coefficient (Wildman–Crippen LogP) is 2.96. The molecule has 7 nitrogen and oxygen atoms in total. The van der Waals surface area contributed by atoms with Gasteiger partial charge in [-0.05, 0) is 18.2 Å². The lowest BCUT2D eigenvalue weighted by molar-refractivity contribution is -0.384. The molecule has 0 atom stereocenters. The number of phenols is 1. The van der Waals surface area contributed by atoms with Crippen molar-refractivity contribution in [2.45, 2.75) is 0 Å². The largest absolute Gasteiger partial charge is 0.506 e. The molecule has 0 fully saturated rings. The average Bonchev–Trinajstić information content (AvgIpc) is 2.55. The second-order valence-corrected chi connectivity index (χ2v) is 4.52. The molecule has 0 spiro atoms. The van der Waals surface area contributed by atoms with E-state index in [-0.39, 0.29) is 17.1 Å². The minimum Gasteiger partial charge on any atom is -0.506 e. The Morgan fingerprint density at radius 1 is 1.30 bits per heavy atom. The van der Waals surface area contributed by atoms with E-state index in [1.54, 1.807) is 30.3 Å². The summed E-state index contributed by atoms with van der Waals surface area (Å²) in [6.07, 6.45) is 2.79. The summed E-state index contributed by atoms with van der Waals surface area (Å²) in [5, 5.41) is 22.8. The van der Waals surface area contributed by atoms with Crippen LogP contribution in [0.25, 0.3) is 6.08 Å². The number of carbonyl (C=O) groups excluding carboxylic acids is 1. The number of nitrogens with zero attached hydrogens (tertiary/aromatic N) is 1. The van der Waals surface area contributed by atoms with Crippen LogP contribution in [0.5, 0.6) is 11.5 Å². The molecule has 2 aromatic rings. The van der Waals surface area contributed by atoms with E-state index in [1.807, 2.05) is 0 Å². The van der Waals surface area contributed by atoms with Gasteiger partial charge < -0.3 is 15.2 Å². The van der Waals surface area contributed by atoms with E-state index in [1.165, 1.54) is 13.2 Å². The van der Waals surface area contributed by atoms with Crippen LogP contribution in [0, 0.1) is 10.1 Å². The number of aromatic hydroxyl groups is 1. The van der Waals surface area contributed by atoms with Crippen LogP contribution in [0.4, 0.5) is 11.4 Å². The number of methoxy groups -OCH3 is 1. The Morgan fingerprint density at radius 3 is 2.74 bits per heavy atom. The number of carbonyl (C=O) groups is 1. The third-order valence-corrected chi connectivity index (χ3v) is 3.00. The molecule has 0 aliphatic carbocycles.